The van der Waals surface area contributed by atoms with Crippen molar-refractivity contribution in [1.82, 2.24) is 9.71 Å². The highest BCUT2D eigenvalue weighted by Crippen LogP contribution is 2.23. The highest BCUT2D eigenvalue weighted by molar-refractivity contribution is 9.10. The van der Waals surface area contributed by atoms with Crippen molar-refractivity contribution in [3.05, 3.63) is 21.9 Å². The molecule has 0 spiro atoms. The zero-order valence-electron chi connectivity index (χ0n) is 12.3. The second-order valence-corrected chi connectivity index (χ2v) is 7.44. The van der Waals surface area contributed by atoms with Crippen molar-refractivity contribution in [3.8, 4) is 0 Å². The Labute approximate surface area is 143 Å². The molecule has 0 aliphatic heterocycles. The summed E-state index contributed by atoms with van der Waals surface area (Å²) >= 11 is 8.87. The van der Waals surface area contributed by atoms with E-state index in [9.17, 15) is 13.2 Å². The lowest BCUT2D eigenvalue weighted by Gasteiger charge is -2.17. The molecule has 0 radical (unpaired) electrons. The van der Waals surface area contributed by atoms with Crippen LogP contribution in [0, 0.1) is 0 Å². The number of carbonyl (C=O) groups is 1. The van der Waals surface area contributed by atoms with Gasteiger partial charge in [-0.15, -0.1) is 0 Å². The number of ether oxygens (including phenoxy) is 1. The monoisotopic (exact) mass is 412 g/mol. The van der Waals surface area contributed by atoms with Gasteiger partial charge < -0.3 is 4.74 Å². The molecular formula is C13H18BrClN2O4S. The maximum absolute atomic E-state index is 12.4. The standard InChI is InChI=1S/C13H18BrClN2O4S/c1-3-5-6-11(13(18)21-4-2)17-22(19,20)9-7-10(14)12(15)16-8-9/h7-8,11,17H,3-6H2,1-2H3. The van der Waals surface area contributed by atoms with Crippen LogP contribution in [-0.4, -0.2) is 32.0 Å². The number of rotatable bonds is 8. The predicted molar refractivity (Wildman–Crippen MR) is 87.2 cm³/mol. The Morgan fingerprint density at radius 1 is 1.50 bits per heavy atom. The van der Waals surface area contributed by atoms with E-state index in [1.165, 1.54) is 6.07 Å². The van der Waals surface area contributed by atoms with E-state index >= 15 is 0 Å². The molecule has 1 aromatic rings. The van der Waals surface area contributed by atoms with Gasteiger partial charge in [-0.1, -0.05) is 31.4 Å². The second-order valence-electron chi connectivity index (χ2n) is 4.51. The fourth-order valence-electron chi connectivity index (χ4n) is 1.68. The summed E-state index contributed by atoms with van der Waals surface area (Å²) < 4.78 is 32.4. The van der Waals surface area contributed by atoms with Gasteiger partial charge in [-0.25, -0.2) is 13.4 Å². The number of halogens is 2. The average Bonchev–Trinajstić information content (AvgIpc) is 2.46. The first-order valence-electron chi connectivity index (χ1n) is 6.81. The van der Waals surface area contributed by atoms with Gasteiger partial charge in [-0.05, 0) is 35.3 Å². The summed E-state index contributed by atoms with van der Waals surface area (Å²) in [4.78, 5) is 15.6. The Morgan fingerprint density at radius 2 is 2.18 bits per heavy atom. The van der Waals surface area contributed by atoms with Crippen LogP contribution in [0.3, 0.4) is 0 Å². The summed E-state index contributed by atoms with van der Waals surface area (Å²) in [5, 5.41) is 0.159. The molecule has 9 heteroatoms. The Morgan fingerprint density at radius 3 is 2.73 bits per heavy atom. The molecule has 1 rings (SSSR count). The number of carbonyl (C=O) groups excluding carboxylic acids is 1. The zero-order chi connectivity index (χ0) is 16.8. The molecule has 1 unspecified atom stereocenters. The van der Waals surface area contributed by atoms with Gasteiger partial charge in [0.1, 0.15) is 16.1 Å². The molecular weight excluding hydrogens is 396 g/mol. The minimum atomic E-state index is -3.89. The highest BCUT2D eigenvalue weighted by Gasteiger charge is 2.27. The van der Waals surface area contributed by atoms with Crippen molar-refractivity contribution in [2.45, 2.75) is 44.0 Å². The summed E-state index contributed by atoms with van der Waals surface area (Å²) in [6.07, 6.45) is 3.05. The molecule has 124 valence electrons. The van der Waals surface area contributed by atoms with Crippen molar-refractivity contribution in [2.24, 2.45) is 0 Å². The molecule has 0 saturated heterocycles. The van der Waals surface area contributed by atoms with E-state index in [1.54, 1.807) is 6.92 Å². The molecule has 1 atom stereocenters. The molecule has 0 fully saturated rings. The molecule has 0 saturated carbocycles. The molecule has 1 heterocycles. The van der Waals surface area contributed by atoms with Crippen LogP contribution < -0.4 is 4.72 Å². The SMILES string of the molecule is CCCCC(NS(=O)(=O)c1cnc(Cl)c(Br)c1)C(=O)OCC. The zero-order valence-corrected chi connectivity index (χ0v) is 15.5. The summed E-state index contributed by atoms with van der Waals surface area (Å²) in [5.41, 5.74) is 0. The van der Waals surface area contributed by atoms with E-state index in [0.29, 0.717) is 17.3 Å². The average molecular weight is 414 g/mol. The minimum absolute atomic E-state index is 0.0745. The summed E-state index contributed by atoms with van der Waals surface area (Å²) in [5.74, 6) is -0.583. The molecule has 1 N–H and O–H groups in total. The van der Waals surface area contributed by atoms with Gasteiger partial charge >= 0.3 is 5.97 Å². The largest absolute Gasteiger partial charge is 0.465 e. The number of hydrogen-bond acceptors (Lipinski definition) is 5. The van der Waals surface area contributed by atoms with Crippen LogP contribution in [0.5, 0.6) is 0 Å². The summed E-state index contributed by atoms with van der Waals surface area (Å²) in [6.45, 7) is 3.82. The first-order valence-corrected chi connectivity index (χ1v) is 9.47. The van der Waals surface area contributed by atoms with Gasteiger partial charge in [0.15, 0.2) is 0 Å². The van der Waals surface area contributed by atoms with E-state index < -0.39 is 22.0 Å². The third-order valence-electron chi connectivity index (χ3n) is 2.80. The van der Waals surface area contributed by atoms with Crippen LogP contribution in [-0.2, 0) is 19.6 Å². The fourth-order valence-corrected chi connectivity index (χ4v) is 3.48. The number of unbranched alkanes of at least 4 members (excludes halogenated alkanes) is 1. The second kappa shape index (κ2) is 8.81. The maximum atomic E-state index is 12.4. The molecule has 0 aromatic carbocycles. The van der Waals surface area contributed by atoms with Gasteiger partial charge in [0.25, 0.3) is 0 Å². The maximum Gasteiger partial charge on any atom is 0.324 e. The number of nitrogens with one attached hydrogen (secondary N) is 1. The van der Waals surface area contributed by atoms with E-state index in [1.807, 2.05) is 6.92 Å². The van der Waals surface area contributed by atoms with Crippen LogP contribution in [0.25, 0.3) is 0 Å². The Hall–Kier alpha value is -0.700. The number of pyridine rings is 1. The van der Waals surface area contributed by atoms with Gasteiger partial charge in [-0.2, -0.15) is 4.72 Å². The fraction of sp³-hybridized carbons (Fsp3) is 0.538. The quantitative estimate of drug-likeness (QED) is 0.523. The normalized spacial score (nSPS) is 12.9. The van der Waals surface area contributed by atoms with Gasteiger partial charge in [0.05, 0.1) is 11.1 Å². The number of sulfonamides is 1. The van der Waals surface area contributed by atoms with Crippen molar-refractivity contribution in [2.75, 3.05) is 6.61 Å². The number of esters is 1. The minimum Gasteiger partial charge on any atom is -0.465 e. The van der Waals surface area contributed by atoms with Crippen LogP contribution in [0.4, 0.5) is 0 Å². The van der Waals surface area contributed by atoms with E-state index in [0.717, 1.165) is 12.6 Å². The molecule has 0 aliphatic carbocycles. The molecule has 0 aliphatic rings. The van der Waals surface area contributed by atoms with E-state index in [4.69, 9.17) is 16.3 Å². The van der Waals surface area contributed by atoms with E-state index in [-0.39, 0.29) is 16.7 Å². The van der Waals surface area contributed by atoms with Crippen LogP contribution in [0.1, 0.15) is 33.1 Å². The Balaban J connectivity index is 2.98. The Bertz CT molecular complexity index is 624. The first-order chi connectivity index (χ1) is 10.3. The van der Waals surface area contributed by atoms with Crippen LogP contribution in [0.15, 0.2) is 21.6 Å². The smallest absolute Gasteiger partial charge is 0.324 e. The third kappa shape index (κ3) is 5.49. The lowest BCUT2D eigenvalue weighted by Crippen LogP contribution is -2.41. The van der Waals surface area contributed by atoms with Gasteiger partial charge in [0, 0.05) is 6.20 Å². The van der Waals surface area contributed by atoms with Crippen molar-refractivity contribution in [1.29, 1.82) is 0 Å². The first kappa shape index (κ1) is 19.3. The van der Waals surface area contributed by atoms with Crippen molar-refractivity contribution < 1.29 is 17.9 Å². The molecule has 0 bridgehead atoms. The van der Waals surface area contributed by atoms with Crippen molar-refractivity contribution >= 4 is 43.5 Å². The van der Waals surface area contributed by atoms with Crippen LogP contribution in [0.2, 0.25) is 5.15 Å². The molecule has 22 heavy (non-hydrogen) atoms. The summed E-state index contributed by atoms with van der Waals surface area (Å²) in [7, 11) is -3.89. The van der Waals surface area contributed by atoms with Crippen molar-refractivity contribution in [3.63, 3.8) is 0 Å². The van der Waals surface area contributed by atoms with Gasteiger partial charge in [0.2, 0.25) is 10.0 Å². The summed E-state index contributed by atoms with van der Waals surface area (Å²) in [6, 6.07) is 0.416. The number of hydrogen-bond donors (Lipinski definition) is 1. The number of nitrogens with zero attached hydrogens (tertiary/aromatic N) is 1. The van der Waals surface area contributed by atoms with Gasteiger partial charge in [-0.3, -0.25) is 4.79 Å². The molecule has 6 nitrogen and oxygen atoms in total. The van der Waals surface area contributed by atoms with Crippen LogP contribution >= 0.6 is 27.5 Å². The molecule has 0 amide bonds. The topological polar surface area (TPSA) is 85.4 Å². The Kier molecular flexibility index (Phi) is 7.75. The predicted octanol–water partition coefficient (Wildman–Crippen LogP) is 2.90. The highest BCUT2D eigenvalue weighted by atomic mass is 79.9. The number of aromatic nitrogens is 1. The lowest BCUT2D eigenvalue weighted by molar-refractivity contribution is -0.145. The lowest BCUT2D eigenvalue weighted by atomic mass is 10.1. The third-order valence-corrected chi connectivity index (χ3v) is 5.37. The van der Waals surface area contributed by atoms with E-state index in [2.05, 4.69) is 25.6 Å². The molecule has 1 aromatic heterocycles.